The van der Waals surface area contributed by atoms with Crippen molar-refractivity contribution >= 4 is 11.1 Å². The average molecular weight is 903 g/mol. The minimum atomic E-state index is 0.322. The summed E-state index contributed by atoms with van der Waals surface area (Å²) >= 11 is 0. The Hall–Kier alpha value is -4.16. The predicted octanol–water partition coefficient (Wildman–Crippen LogP) is 16.9. The van der Waals surface area contributed by atoms with E-state index in [1.54, 1.807) is 0 Å². The highest BCUT2D eigenvalue weighted by Crippen LogP contribution is 2.48. The third-order valence-electron chi connectivity index (χ3n) is 17.5. The Bertz CT molecular complexity index is 1940. The molecule has 0 N–H and O–H groups in total. The van der Waals surface area contributed by atoms with Crippen LogP contribution in [0.5, 0.6) is 0 Å². The molecule has 0 saturated heterocycles. The fourth-order valence-corrected chi connectivity index (χ4v) is 13.7. The fraction of sp³-hybridized carbons (Fsp3) is 0.677. The third kappa shape index (κ3) is 14.0. The largest absolute Gasteiger partial charge is 0.373 e. The number of benzene rings is 2. The van der Waals surface area contributed by atoms with Crippen LogP contribution in [0.3, 0.4) is 0 Å². The van der Waals surface area contributed by atoms with Crippen LogP contribution in [0.2, 0.25) is 0 Å². The van der Waals surface area contributed by atoms with Gasteiger partial charge in [-0.2, -0.15) is 21.0 Å². The van der Waals surface area contributed by atoms with E-state index in [4.69, 9.17) is 4.74 Å². The van der Waals surface area contributed by atoms with Gasteiger partial charge < -0.3 is 4.74 Å². The van der Waals surface area contributed by atoms with Crippen molar-refractivity contribution in [2.24, 2.45) is 47.3 Å². The Morgan fingerprint density at radius 1 is 0.448 bits per heavy atom. The smallest absolute Gasteiger partial charge is 0.101 e. The van der Waals surface area contributed by atoms with Crippen LogP contribution in [0, 0.1) is 92.7 Å². The number of aryl methyl sites for hydroxylation is 2. The number of ether oxygens (including phenoxy) is 1. The molecule has 4 fully saturated rings. The van der Waals surface area contributed by atoms with Crippen LogP contribution >= 0.6 is 0 Å². The molecule has 5 nitrogen and oxygen atoms in total. The van der Waals surface area contributed by atoms with E-state index in [0.717, 1.165) is 135 Å². The molecule has 0 bridgehead atoms. The average Bonchev–Trinajstić information content (AvgIpc) is 3.37. The molecular weight excluding hydrogens is 817 g/mol. The van der Waals surface area contributed by atoms with Crippen molar-refractivity contribution in [3.05, 3.63) is 80.9 Å². The number of allylic oxidation sites excluding steroid dienone is 2. The molecule has 0 radical (unpaired) electrons. The number of hydrogen-bond donors (Lipinski definition) is 0. The van der Waals surface area contributed by atoms with E-state index < -0.39 is 0 Å². The van der Waals surface area contributed by atoms with Gasteiger partial charge in [0.2, 0.25) is 0 Å². The summed E-state index contributed by atoms with van der Waals surface area (Å²) in [7, 11) is 0. The van der Waals surface area contributed by atoms with Crippen LogP contribution in [0.4, 0.5) is 0 Å². The van der Waals surface area contributed by atoms with Crippen LogP contribution < -0.4 is 0 Å². The second-order valence-corrected chi connectivity index (χ2v) is 21.6. The lowest BCUT2D eigenvalue weighted by Crippen LogP contribution is -2.26. The predicted molar refractivity (Wildman–Crippen MR) is 277 cm³/mol. The van der Waals surface area contributed by atoms with E-state index in [9.17, 15) is 21.0 Å². The Morgan fingerprint density at radius 2 is 0.791 bits per heavy atom. The first kappa shape index (κ1) is 52.2. The number of rotatable bonds is 22. The molecule has 0 aromatic heterocycles. The number of hydrogen-bond acceptors (Lipinski definition) is 5. The topological polar surface area (TPSA) is 104 Å². The first-order valence-electron chi connectivity index (χ1n) is 27.8. The van der Waals surface area contributed by atoms with Crippen LogP contribution in [0.15, 0.2) is 36.4 Å². The third-order valence-corrected chi connectivity index (χ3v) is 17.5. The van der Waals surface area contributed by atoms with E-state index in [1.165, 1.54) is 114 Å². The lowest BCUT2D eigenvalue weighted by molar-refractivity contribution is 0.153. The van der Waals surface area contributed by atoms with Crippen molar-refractivity contribution < 1.29 is 4.74 Å². The molecule has 4 saturated carbocycles. The minimum Gasteiger partial charge on any atom is -0.373 e. The van der Waals surface area contributed by atoms with Gasteiger partial charge in [0.05, 0.1) is 35.5 Å². The molecule has 0 amide bonds. The summed E-state index contributed by atoms with van der Waals surface area (Å²) < 4.78 is 6.60. The maximum atomic E-state index is 10.7. The summed E-state index contributed by atoms with van der Waals surface area (Å²) in [5.74, 6) is 5.74. The highest BCUT2D eigenvalue weighted by molar-refractivity contribution is 5.77. The van der Waals surface area contributed by atoms with Gasteiger partial charge in [-0.15, -0.1) is 0 Å². The Kier molecular flexibility index (Phi) is 21.6. The molecule has 4 aliphatic carbocycles. The van der Waals surface area contributed by atoms with Crippen molar-refractivity contribution in [1.82, 2.24) is 0 Å². The molecule has 2 aromatic carbocycles. The summed E-state index contributed by atoms with van der Waals surface area (Å²) in [6.45, 7) is 9.86. The van der Waals surface area contributed by atoms with Gasteiger partial charge in [0.15, 0.2) is 0 Å². The van der Waals surface area contributed by atoms with Gasteiger partial charge in [0, 0.05) is 0 Å². The quantitative estimate of drug-likeness (QED) is 0.109. The molecule has 0 atom stereocenters. The maximum absolute atomic E-state index is 10.7. The van der Waals surface area contributed by atoms with E-state index in [2.05, 4.69) is 88.4 Å². The molecule has 0 heterocycles. The van der Waals surface area contributed by atoms with Crippen LogP contribution in [-0.2, 0) is 17.6 Å². The number of nitrogens with zero attached hydrogens (tertiary/aromatic N) is 4. The normalized spacial score (nSPS) is 26.0. The van der Waals surface area contributed by atoms with Crippen molar-refractivity contribution in [2.75, 3.05) is 13.2 Å². The molecule has 6 rings (SSSR count). The van der Waals surface area contributed by atoms with Gasteiger partial charge in [-0.05, 0) is 183 Å². The number of unbranched alkanes of at least 4 members (excludes halogenated alkanes) is 4. The summed E-state index contributed by atoms with van der Waals surface area (Å²) in [6.07, 6.45) is 38.4. The van der Waals surface area contributed by atoms with E-state index >= 15 is 0 Å². The molecule has 0 spiro atoms. The molecule has 67 heavy (non-hydrogen) atoms. The molecule has 4 aliphatic rings. The van der Waals surface area contributed by atoms with Gasteiger partial charge >= 0.3 is 0 Å². The van der Waals surface area contributed by atoms with Crippen molar-refractivity contribution in [3.8, 4) is 24.3 Å². The number of nitriles is 4. The SMILES string of the molecule is CCCCCc1ccc(C(=CCOCC=C(c2ccc(CCCCC)c(C#N)c2C#N)C2CCC(C3CCC(CCC)CC3)CC2)C2CCC(C3CCC(CCC)CC3)CC2)c(C#N)c1C#N. The summed E-state index contributed by atoms with van der Waals surface area (Å²) in [5, 5.41) is 42.4. The summed E-state index contributed by atoms with van der Waals surface area (Å²) in [6, 6.07) is 18.5. The summed E-state index contributed by atoms with van der Waals surface area (Å²) in [4.78, 5) is 0. The highest BCUT2D eigenvalue weighted by atomic mass is 16.5. The van der Waals surface area contributed by atoms with E-state index in [0.29, 0.717) is 47.3 Å². The van der Waals surface area contributed by atoms with Crippen molar-refractivity contribution in [3.63, 3.8) is 0 Å². The molecule has 0 unspecified atom stereocenters. The Balaban J connectivity index is 1.24. The highest BCUT2D eigenvalue weighted by Gasteiger charge is 2.35. The fourth-order valence-electron chi connectivity index (χ4n) is 13.7. The van der Waals surface area contributed by atoms with Gasteiger partial charge in [-0.1, -0.05) is 141 Å². The minimum absolute atomic E-state index is 0.322. The zero-order valence-corrected chi connectivity index (χ0v) is 42.5. The van der Waals surface area contributed by atoms with Crippen molar-refractivity contribution in [1.29, 1.82) is 21.0 Å². The van der Waals surface area contributed by atoms with Gasteiger partial charge in [-0.25, -0.2) is 0 Å². The van der Waals surface area contributed by atoms with E-state index in [-0.39, 0.29) is 0 Å². The lowest BCUT2D eigenvalue weighted by atomic mass is 9.67. The van der Waals surface area contributed by atoms with Crippen LogP contribution in [0.25, 0.3) is 11.1 Å². The Morgan fingerprint density at radius 3 is 1.10 bits per heavy atom. The molecule has 2 aromatic rings. The standard InChI is InChI=1S/C62H86N4O/c1-5-9-11-15-51-33-35-57(61(43-65)59(51)41-63)55(53-29-25-49(26-30-53)47-21-17-45(13-7-3)18-22-47)37-39-67-40-38-56(58-36-34-52(16-12-10-6-2)60(42-64)62(58)44-66)54-31-27-50(28-32-54)48-23-19-46(14-8-4)20-24-48/h33-38,45-50,53-54H,5-32,39-40H2,1-4H3. The monoisotopic (exact) mass is 903 g/mol. The van der Waals surface area contributed by atoms with Crippen molar-refractivity contribution in [2.45, 2.75) is 207 Å². The van der Waals surface area contributed by atoms with Crippen LogP contribution in [-0.4, -0.2) is 13.2 Å². The van der Waals surface area contributed by atoms with Crippen LogP contribution in [0.1, 0.15) is 239 Å². The molecule has 360 valence electrons. The zero-order valence-electron chi connectivity index (χ0n) is 42.5. The first-order valence-corrected chi connectivity index (χ1v) is 27.8. The van der Waals surface area contributed by atoms with Gasteiger partial charge in [-0.3, -0.25) is 0 Å². The summed E-state index contributed by atoms with van der Waals surface area (Å²) in [5.41, 5.74) is 8.32. The maximum Gasteiger partial charge on any atom is 0.101 e. The van der Waals surface area contributed by atoms with Gasteiger partial charge in [0.25, 0.3) is 0 Å². The second-order valence-electron chi connectivity index (χ2n) is 21.6. The zero-order chi connectivity index (χ0) is 47.4. The molecule has 5 heteroatoms. The molecular formula is C62H86N4O. The second kappa shape index (κ2) is 27.7. The van der Waals surface area contributed by atoms with E-state index in [1.807, 2.05) is 0 Å². The molecule has 0 aliphatic heterocycles. The van der Waals surface area contributed by atoms with Gasteiger partial charge in [0.1, 0.15) is 24.3 Å². The first-order chi connectivity index (χ1) is 32.9. The Labute approximate surface area is 408 Å². The lowest BCUT2D eigenvalue weighted by Gasteiger charge is -2.38.